The minimum atomic E-state index is 1.06. The van der Waals surface area contributed by atoms with E-state index in [0.717, 1.165) is 51.2 Å². The molecule has 0 atom stereocenters. The molecule has 0 bridgehead atoms. The first-order chi connectivity index (χ1) is 29.2. The summed E-state index contributed by atoms with van der Waals surface area (Å²) in [6, 6.07) is 81.0. The van der Waals surface area contributed by atoms with Crippen molar-refractivity contribution in [1.82, 2.24) is 0 Å². The fourth-order valence-corrected chi connectivity index (χ4v) is 10.6. The maximum absolute atomic E-state index is 2.37. The van der Waals surface area contributed by atoms with Crippen LogP contribution in [0.3, 0.4) is 0 Å². The number of para-hydroxylation sites is 3. The summed E-state index contributed by atoms with van der Waals surface area (Å²) in [5.41, 5.74) is 9.81. The molecule has 0 fully saturated rings. The van der Waals surface area contributed by atoms with E-state index in [-0.39, 0.29) is 0 Å². The summed E-state index contributed by atoms with van der Waals surface area (Å²) < 4.78 is 5.16. The molecule has 0 spiro atoms. The Kier molecular flexibility index (Phi) is 8.88. The molecule has 11 aromatic rings. The first-order valence-electron chi connectivity index (χ1n) is 19.8. The molecular weight excluding hydrogens is 755 g/mol. The van der Waals surface area contributed by atoms with Crippen molar-refractivity contribution in [2.24, 2.45) is 0 Å². The molecule has 0 unspecified atom stereocenters. The van der Waals surface area contributed by atoms with Crippen LogP contribution in [-0.2, 0) is 0 Å². The van der Waals surface area contributed by atoms with E-state index < -0.39 is 0 Å². The summed E-state index contributed by atoms with van der Waals surface area (Å²) >= 11 is 3.70. The topological polar surface area (TPSA) is 9.72 Å². The highest BCUT2D eigenvalue weighted by atomic mass is 32.1. The Bertz CT molecular complexity index is 3050. The van der Waals surface area contributed by atoms with Gasteiger partial charge in [0.05, 0.1) is 0 Å². The second kappa shape index (κ2) is 15.0. The molecule has 0 aliphatic carbocycles. The van der Waals surface area contributed by atoms with E-state index in [1.165, 1.54) is 40.3 Å². The van der Waals surface area contributed by atoms with Crippen molar-refractivity contribution in [1.29, 1.82) is 0 Å². The highest BCUT2D eigenvalue weighted by Gasteiger charge is 2.20. The van der Waals surface area contributed by atoms with Gasteiger partial charge < -0.3 is 14.7 Å². The molecule has 3 nitrogen and oxygen atoms in total. The van der Waals surface area contributed by atoms with Gasteiger partial charge in [-0.2, -0.15) is 0 Å². The van der Waals surface area contributed by atoms with Crippen molar-refractivity contribution in [2.45, 2.75) is 0 Å². The normalized spacial score (nSPS) is 11.4. The van der Waals surface area contributed by atoms with Gasteiger partial charge in [-0.1, -0.05) is 115 Å². The van der Waals surface area contributed by atoms with Crippen LogP contribution in [-0.4, -0.2) is 0 Å². The van der Waals surface area contributed by atoms with E-state index >= 15 is 0 Å². The molecule has 0 saturated heterocycles. The second-order valence-electron chi connectivity index (χ2n) is 14.6. The van der Waals surface area contributed by atoms with Crippen LogP contribution in [0.15, 0.2) is 224 Å². The summed E-state index contributed by atoms with van der Waals surface area (Å²) in [6.07, 6.45) is 0. The highest BCUT2D eigenvalue weighted by Crippen LogP contribution is 2.45. The third-order valence-electron chi connectivity index (χ3n) is 11.0. The first-order valence-corrected chi connectivity index (χ1v) is 21.5. The number of rotatable bonds is 9. The molecule has 5 heteroatoms. The highest BCUT2D eigenvalue weighted by molar-refractivity contribution is 7.26. The molecule has 0 amide bonds. The van der Waals surface area contributed by atoms with Crippen molar-refractivity contribution in [3.63, 3.8) is 0 Å². The molecule has 0 N–H and O–H groups in total. The summed E-state index contributed by atoms with van der Waals surface area (Å²) in [5.74, 6) is 0. The molecule has 0 saturated carbocycles. The van der Waals surface area contributed by atoms with E-state index in [1.54, 1.807) is 0 Å². The van der Waals surface area contributed by atoms with Crippen molar-refractivity contribution in [3.05, 3.63) is 224 Å². The number of hydrogen-bond donors (Lipinski definition) is 0. The standard InChI is InChI=1S/C54H37N3S2/c1-4-16-38(17-5-1)55(41-22-14-24-43(34-41)56(39-18-6-2-7-19-39)45-30-32-49-47-26-10-12-28-51(47)58-53(49)36-45)42-23-15-25-44(35-42)57(40-20-8-3-9-21-40)46-31-33-50-48-27-11-13-29-52(48)59-54(50)37-46/h1-37H. The van der Waals surface area contributed by atoms with E-state index in [4.69, 9.17) is 0 Å². The van der Waals surface area contributed by atoms with Gasteiger partial charge in [-0.3, -0.25) is 0 Å². The molecule has 0 aliphatic heterocycles. The average Bonchev–Trinajstić information content (AvgIpc) is 3.86. The predicted molar refractivity (Wildman–Crippen MR) is 256 cm³/mol. The Morgan fingerprint density at radius 2 is 0.492 bits per heavy atom. The van der Waals surface area contributed by atoms with Gasteiger partial charge in [-0.25, -0.2) is 0 Å². The second-order valence-corrected chi connectivity index (χ2v) is 16.8. The fourth-order valence-electron chi connectivity index (χ4n) is 8.32. The maximum Gasteiger partial charge on any atom is 0.0482 e. The monoisotopic (exact) mass is 791 g/mol. The lowest BCUT2D eigenvalue weighted by Crippen LogP contribution is -2.14. The van der Waals surface area contributed by atoms with E-state index in [9.17, 15) is 0 Å². The molecule has 11 rings (SSSR count). The van der Waals surface area contributed by atoms with Gasteiger partial charge in [0.25, 0.3) is 0 Å². The van der Waals surface area contributed by atoms with Crippen molar-refractivity contribution in [2.75, 3.05) is 14.7 Å². The Morgan fingerprint density at radius 3 is 0.864 bits per heavy atom. The average molecular weight is 792 g/mol. The van der Waals surface area contributed by atoms with Gasteiger partial charge in [0.15, 0.2) is 0 Å². The minimum absolute atomic E-state index is 1.06. The molecule has 0 radical (unpaired) electrons. The van der Waals surface area contributed by atoms with Crippen LogP contribution < -0.4 is 14.7 Å². The summed E-state index contributed by atoms with van der Waals surface area (Å²) in [5, 5.41) is 5.19. The van der Waals surface area contributed by atoms with E-state index in [2.05, 4.69) is 239 Å². The number of thiophene rings is 2. The first kappa shape index (κ1) is 35.0. The van der Waals surface area contributed by atoms with Crippen LogP contribution in [0.5, 0.6) is 0 Å². The molecule has 2 heterocycles. The van der Waals surface area contributed by atoms with Crippen LogP contribution in [0.1, 0.15) is 0 Å². The molecule has 2 aromatic heterocycles. The summed E-state index contributed by atoms with van der Waals surface area (Å²) in [7, 11) is 0. The van der Waals surface area contributed by atoms with Crippen LogP contribution >= 0.6 is 22.7 Å². The quantitative estimate of drug-likeness (QED) is 0.144. The van der Waals surface area contributed by atoms with Crippen molar-refractivity contribution < 1.29 is 0 Å². The van der Waals surface area contributed by atoms with Gasteiger partial charge in [0, 0.05) is 91.5 Å². The van der Waals surface area contributed by atoms with Crippen LogP contribution in [0, 0.1) is 0 Å². The zero-order valence-corrected chi connectivity index (χ0v) is 33.7. The number of benzene rings is 9. The Morgan fingerprint density at radius 1 is 0.203 bits per heavy atom. The molecule has 9 aromatic carbocycles. The third-order valence-corrected chi connectivity index (χ3v) is 13.2. The van der Waals surface area contributed by atoms with E-state index in [1.807, 2.05) is 22.7 Å². The Labute approximate surface area is 351 Å². The Hall–Kier alpha value is -7.18. The smallest absolute Gasteiger partial charge is 0.0482 e. The molecular formula is C54H37N3S2. The maximum atomic E-state index is 2.37. The number of anilines is 9. The molecule has 280 valence electrons. The SMILES string of the molecule is c1ccc(N(c2cccc(N(c3ccccc3)c3ccc4c(c3)sc3ccccc34)c2)c2cccc(N(c3ccccc3)c3ccc4c(c3)sc3ccccc34)c2)cc1. The Balaban J connectivity index is 1.04. The lowest BCUT2D eigenvalue weighted by Gasteiger charge is -2.31. The lowest BCUT2D eigenvalue weighted by atomic mass is 10.1. The van der Waals surface area contributed by atoms with Crippen LogP contribution in [0.2, 0.25) is 0 Å². The molecule has 0 aliphatic rings. The van der Waals surface area contributed by atoms with Gasteiger partial charge in [0.1, 0.15) is 0 Å². The van der Waals surface area contributed by atoms with Gasteiger partial charge >= 0.3 is 0 Å². The fraction of sp³-hybridized carbons (Fsp3) is 0. The predicted octanol–water partition coefficient (Wildman–Crippen LogP) is 16.8. The minimum Gasteiger partial charge on any atom is -0.310 e. The van der Waals surface area contributed by atoms with Gasteiger partial charge in [-0.15, -0.1) is 22.7 Å². The molecule has 59 heavy (non-hydrogen) atoms. The number of fused-ring (bicyclic) bond motifs is 6. The van der Waals surface area contributed by atoms with Gasteiger partial charge in [-0.05, 0) is 109 Å². The van der Waals surface area contributed by atoms with Crippen LogP contribution in [0.4, 0.5) is 51.2 Å². The van der Waals surface area contributed by atoms with E-state index in [0.29, 0.717) is 0 Å². The van der Waals surface area contributed by atoms with Crippen molar-refractivity contribution >= 4 is 114 Å². The van der Waals surface area contributed by atoms with Crippen LogP contribution in [0.25, 0.3) is 40.3 Å². The zero-order chi connectivity index (χ0) is 39.1. The third kappa shape index (κ3) is 6.47. The zero-order valence-electron chi connectivity index (χ0n) is 32.0. The van der Waals surface area contributed by atoms with Gasteiger partial charge in [0.2, 0.25) is 0 Å². The summed E-state index contributed by atoms with van der Waals surface area (Å²) in [4.78, 5) is 7.10. The lowest BCUT2D eigenvalue weighted by molar-refractivity contribution is 1.24. The number of hydrogen-bond acceptors (Lipinski definition) is 5. The summed E-state index contributed by atoms with van der Waals surface area (Å²) in [6.45, 7) is 0. The number of nitrogens with zero attached hydrogens (tertiary/aromatic N) is 3. The largest absolute Gasteiger partial charge is 0.310 e. The van der Waals surface area contributed by atoms with Crippen molar-refractivity contribution in [3.8, 4) is 0 Å².